The monoisotopic (exact) mass is 365 g/mol. The molecule has 0 saturated heterocycles. The van der Waals surface area contributed by atoms with Crippen molar-refractivity contribution in [3.8, 4) is 0 Å². The summed E-state index contributed by atoms with van der Waals surface area (Å²) in [4.78, 5) is 16.6. The predicted octanol–water partition coefficient (Wildman–Crippen LogP) is 5.22. The second-order valence-corrected chi connectivity index (χ2v) is 6.57. The van der Waals surface area contributed by atoms with E-state index in [1.165, 1.54) is 5.56 Å². The summed E-state index contributed by atoms with van der Waals surface area (Å²) < 4.78 is 0. The van der Waals surface area contributed by atoms with Crippen molar-refractivity contribution in [3.63, 3.8) is 0 Å². The van der Waals surface area contributed by atoms with Crippen molar-refractivity contribution in [3.05, 3.63) is 88.2 Å². The van der Waals surface area contributed by atoms with Crippen LogP contribution in [0, 0.1) is 13.8 Å². The number of benzene rings is 2. The van der Waals surface area contributed by atoms with Gasteiger partial charge < -0.3 is 10.6 Å². The quantitative estimate of drug-likeness (QED) is 0.652. The van der Waals surface area contributed by atoms with E-state index < -0.39 is 0 Å². The van der Waals surface area contributed by atoms with Gasteiger partial charge in [0.15, 0.2) is 0 Å². The minimum absolute atomic E-state index is 0.192. The molecular formula is C21H20ClN3O. The van der Waals surface area contributed by atoms with Crippen molar-refractivity contribution in [2.75, 3.05) is 10.6 Å². The van der Waals surface area contributed by atoms with Crippen molar-refractivity contribution >= 4 is 28.9 Å². The molecule has 0 radical (unpaired) electrons. The van der Waals surface area contributed by atoms with Gasteiger partial charge in [-0.05, 0) is 54.8 Å². The van der Waals surface area contributed by atoms with E-state index in [0.29, 0.717) is 17.1 Å². The molecule has 0 atom stereocenters. The summed E-state index contributed by atoms with van der Waals surface area (Å²) in [6, 6.07) is 15.3. The number of rotatable bonds is 5. The van der Waals surface area contributed by atoms with E-state index in [0.717, 1.165) is 22.5 Å². The summed E-state index contributed by atoms with van der Waals surface area (Å²) in [7, 11) is 0. The number of aromatic nitrogens is 1. The van der Waals surface area contributed by atoms with Crippen LogP contribution in [-0.2, 0) is 6.54 Å². The van der Waals surface area contributed by atoms with Crippen LogP contribution in [0.5, 0.6) is 0 Å². The zero-order valence-corrected chi connectivity index (χ0v) is 15.5. The Hall–Kier alpha value is -2.85. The molecule has 0 unspecified atom stereocenters. The van der Waals surface area contributed by atoms with Crippen LogP contribution in [0.25, 0.3) is 0 Å². The standard InChI is InChI=1S/C21H20ClN3O/c1-14-7-8-18(9-15(14)2)25-21(26)17-10-19(13-23-11-17)24-12-16-5-3-4-6-20(16)22/h3-11,13,24H,12H2,1-2H3,(H,25,26). The number of pyridine rings is 1. The Labute approximate surface area is 158 Å². The van der Waals surface area contributed by atoms with Crippen molar-refractivity contribution in [2.24, 2.45) is 0 Å². The summed E-state index contributed by atoms with van der Waals surface area (Å²) in [6.07, 6.45) is 3.24. The fourth-order valence-corrected chi connectivity index (χ4v) is 2.72. The van der Waals surface area contributed by atoms with Gasteiger partial charge in [0, 0.05) is 29.6 Å². The van der Waals surface area contributed by atoms with Crippen molar-refractivity contribution in [1.82, 2.24) is 4.98 Å². The maximum absolute atomic E-state index is 12.5. The molecule has 0 saturated carbocycles. The van der Waals surface area contributed by atoms with Crippen LogP contribution in [0.4, 0.5) is 11.4 Å². The molecule has 2 aromatic carbocycles. The van der Waals surface area contributed by atoms with Crippen molar-refractivity contribution < 1.29 is 4.79 Å². The van der Waals surface area contributed by atoms with E-state index in [9.17, 15) is 4.79 Å². The lowest BCUT2D eigenvalue weighted by Crippen LogP contribution is -2.13. The summed E-state index contributed by atoms with van der Waals surface area (Å²) in [5.74, 6) is -0.192. The van der Waals surface area contributed by atoms with Gasteiger partial charge in [-0.3, -0.25) is 9.78 Å². The van der Waals surface area contributed by atoms with Gasteiger partial charge in [-0.2, -0.15) is 0 Å². The normalized spacial score (nSPS) is 10.4. The third-order valence-electron chi connectivity index (χ3n) is 4.21. The minimum atomic E-state index is -0.192. The minimum Gasteiger partial charge on any atom is -0.380 e. The van der Waals surface area contributed by atoms with Gasteiger partial charge >= 0.3 is 0 Å². The van der Waals surface area contributed by atoms with E-state index in [-0.39, 0.29) is 5.91 Å². The third kappa shape index (κ3) is 4.41. The highest BCUT2D eigenvalue weighted by molar-refractivity contribution is 6.31. The molecule has 0 aliphatic heterocycles. The van der Waals surface area contributed by atoms with Gasteiger partial charge in [0.2, 0.25) is 0 Å². The molecule has 0 fully saturated rings. The number of nitrogens with zero attached hydrogens (tertiary/aromatic N) is 1. The molecule has 3 aromatic rings. The number of carbonyl (C=O) groups excluding carboxylic acids is 1. The zero-order valence-electron chi connectivity index (χ0n) is 14.7. The fraction of sp³-hybridized carbons (Fsp3) is 0.143. The van der Waals surface area contributed by atoms with E-state index in [1.54, 1.807) is 18.5 Å². The Morgan fingerprint density at radius 3 is 2.58 bits per heavy atom. The SMILES string of the molecule is Cc1ccc(NC(=O)c2cncc(NCc3ccccc3Cl)c2)cc1C. The number of halogens is 1. The maximum Gasteiger partial charge on any atom is 0.257 e. The van der Waals surface area contributed by atoms with Crippen LogP contribution in [-0.4, -0.2) is 10.9 Å². The van der Waals surface area contributed by atoms with Gasteiger partial charge in [0.1, 0.15) is 0 Å². The molecule has 26 heavy (non-hydrogen) atoms. The predicted molar refractivity (Wildman–Crippen MR) is 107 cm³/mol. The van der Waals surface area contributed by atoms with Gasteiger partial charge in [-0.25, -0.2) is 0 Å². The Kier molecular flexibility index (Phi) is 5.54. The zero-order chi connectivity index (χ0) is 18.5. The molecule has 0 bridgehead atoms. The first-order chi connectivity index (χ1) is 12.5. The number of carbonyl (C=O) groups is 1. The molecule has 1 amide bonds. The number of aryl methyl sites for hydroxylation is 2. The first-order valence-corrected chi connectivity index (χ1v) is 8.71. The highest BCUT2D eigenvalue weighted by Crippen LogP contribution is 2.18. The highest BCUT2D eigenvalue weighted by atomic mass is 35.5. The summed E-state index contributed by atoms with van der Waals surface area (Å²) in [6.45, 7) is 4.62. The van der Waals surface area contributed by atoms with Crippen molar-refractivity contribution in [2.45, 2.75) is 20.4 Å². The Morgan fingerprint density at radius 1 is 1.00 bits per heavy atom. The van der Waals surface area contributed by atoms with E-state index in [4.69, 9.17) is 11.6 Å². The van der Waals surface area contributed by atoms with Crippen LogP contribution in [0.1, 0.15) is 27.0 Å². The largest absolute Gasteiger partial charge is 0.380 e. The van der Waals surface area contributed by atoms with Crippen LogP contribution in [0.2, 0.25) is 5.02 Å². The van der Waals surface area contributed by atoms with E-state index in [1.807, 2.05) is 56.3 Å². The van der Waals surface area contributed by atoms with Crippen LogP contribution in [0.15, 0.2) is 60.9 Å². The Bertz CT molecular complexity index is 940. The average Bonchev–Trinajstić information content (AvgIpc) is 2.64. The van der Waals surface area contributed by atoms with Crippen LogP contribution < -0.4 is 10.6 Å². The van der Waals surface area contributed by atoms with Gasteiger partial charge in [0.25, 0.3) is 5.91 Å². The Morgan fingerprint density at radius 2 is 1.81 bits per heavy atom. The lowest BCUT2D eigenvalue weighted by atomic mass is 10.1. The molecule has 3 rings (SSSR count). The number of hydrogen-bond acceptors (Lipinski definition) is 3. The lowest BCUT2D eigenvalue weighted by Gasteiger charge is -2.10. The summed E-state index contributed by atoms with van der Waals surface area (Å²) in [5, 5.41) is 6.86. The fourth-order valence-electron chi connectivity index (χ4n) is 2.52. The van der Waals surface area contributed by atoms with Gasteiger partial charge in [-0.1, -0.05) is 35.9 Å². The molecular weight excluding hydrogens is 346 g/mol. The highest BCUT2D eigenvalue weighted by Gasteiger charge is 2.08. The molecule has 0 spiro atoms. The molecule has 1 heterocycles. The molecule has 0 aliphatic carbocycles. The molecule has 4 nitrogen and oxygen atoms in total. The number of amides is 1. The van der Waals surface area contributed by atoms with E-state index >= 15 is 0 Å². The maximum atomic E-state index is 12.5. The smallest absolute Gasteiger partial charge is 0.257 e. The average molecular weight is 366 g/mol. The van der Waals surface area contributed by atoms with Crippen LogP contribution >= 0.6 is 11.6 Å². The molecule has 2 N–H and O–H groups in total. The second kappa shape index (κ2) is 8.02. The number of hydrogen-bond donors (Lipinski definition) is 2. The van der Waals surface area contributed by atoms with Crippen molar-refractivity contribution in [1.29, 1.82) is 0 Å². The lowest BCUT2D eigenvalue weighted by molar-refractivity contribution is 0.102. The van der Waals surface area contributed by atoms with Crippen LogP contribution in [0.3, 0.4) is 0 Å². The molecule has 0 aliphatic rings. The molecule has 1 aromatic heterocycles. The topological polar surface area (TPSA) is 54.0 Å². The number of anilines is 2. The third-order valence-corrected chi connectivity index (χ3v) is 4.57. The molecule has 5 heteroatoms. The first-order valence-electron chi connectivity index (χ1n) is 8.34. The molecule has 132 valence electrons. The second-order valence-electron chi connectivity index (χ2n) is 6.16. The number of nitrogens with one attached hydrogen (secondary N) is 2. The summed E-state index contributed by atoms with van der Waals surface area (Å²) in [5.41, 5.74) is 5.34. The van der Waals surface area contributed by atoms with E-state index in [2.05, 4.69) is 15.6 Å². The summed E-state index contributed by atoms with van der Waals surface area (Å²) >= 11 is 6.17. The van der Waals surface area contributed by atoms with Gasteiger partial charge in [0.05, 0.1) is 11.3 Å². The Balaban J connectivity index is 1.69. The first kappa shape index (κ1) is 18.0. The van der Waals surface area contributed by atoms with Gasteiger partial charge in [-0.15, -0.1) is 0 Å².